The maximum Gasteiger partial charge on any atom is 0.269 e. The van der Waals surface area contributed by atoms with Crippen LogP contribution < -0.4 is 20.9 Å². The van der Waals surface area contributed by atoms with Gasteiger partial charge in [0.05, 0.1) is 11.1 Å². The van der Waals surface area contributed by atoms with E-state index in [0.717, 1.165) is 12.8 Å². The molecule has 0 aromatic heterocycles. The Morgan fingerprint density at radius 1 is 1.07 bits per heavy atom. The third kappa shape index (κ3) is 6.78. The maximum atomic E-state index is 12.3. The summed E-state index contributed by atoms with van der Waals surface area (Å²) in [7, 11) is 0. The number of hydrogen-bond acceptors (Lipinski definition) is 4. The second-order valence-electron chi connectivity index (χ2n) is 5.72. The average Bonchev–Trinajstić information content (AvgIpc) is 2.68. The van der Waals surface area contributed by atoms with E-state index in [1.165, 1.54) is 0 Å². The Morgan fingerprint density at radius 3 is 2.39 bits per heavy atom. The highest BCUT2D eigenvalue weighted by molar-refractivity contribution is 9.10. The zero-order valence-corrected chi connectivity index (χ0v) is 18.2. The lowest BCUT2D eigenvalue weighted by Crippen LogP contribution is -2.48. The molecule has 0 atom stereocenters. The van der Waals surface area contributed by atoms with E-state index in [9.17, 15) is 9.59 Å². The standard InChI is InChI=1S/C19H19BrClN3O3S/c1-2-3-10-27-16-9-6-13(11-15(16)20)17(25)22-19(28)24-23-18(26)12-4-7-14(21)8-5-12/h4-9,11H,2-3,10H2,1H3,(H,23,26)(H2,22,24,25,28). The van der Waals surface area contributed by atoms with Crippen LogP contribution in [0.1, 0.15) is 40.5 Å². The summed E-state index contributed by atoms with van der Waals surface area (Å²) in [6, 6.07) is 11.3. The molecule has 0 spiro atoms. The molecule has 2 aromatic rings. The summed E-state index contributed by atoms with van der Waals surface area (Å²) < 4.78 is 6.31. The summed E-state index contributed by atoms with van der Waals surface area (Å²) in [4.78, 5) is 24.3. The molecule has 2 rings (SSSR count). The Kier molecular flexibility index (Phi) is 8.69. The van der Waals surface area contributed by atoms with E-state index in [4.69, 9.17) is 28.6 Å². The third-order valence-electron chi connectivity index (χ3n) is 3.57. The van der Waals surface area contributed by atoms with Crippen molar-refractivity contribution >= 4 is 56.7 Å². The summed E-state index contributed by atoms with van der Waals surface area (Å²) in [6.07, 6.45) is 1.99. The summed E-state index contributed by atoms with van der Waals surface area (Å²) in [5.74, 6) is -0.162. The molecule has 0 unspecified atom stereocenters. The molecule has 0 aliphatic carbocycles. The van der Waals surface area contributed by atoms with Crippen LogP contribution in [0, 0.1) is 0 Å². The number of benzene rings is 2. The highest BCUT2D eigenvalue weighted by atomic mass is 79.9. The van der Waals surface area contributed by atoms with Gasteiger partial charge in [0.15, 0.2) is 5.11 Å². The number of carbonyl (C=O) groups excluding carboxylic acids is 2. The minimum atomic E-state index is -0.418. The molecule has 0 fully saturated rings. The molecule has 3 N–H and O–H groups in total. The highest BCUT2D eigenvalue weighted by Gasteiger charge is 2.12. The third-order valence-corrected chi connectivity index (χ3v) is 4.65. The van der Waals surface area contributed by atoms with Crippen molar-refractivity contribution in [1.82, 2.24) is 16.2 Å². The Labute approximate surface area is 182 Å². The molecule has 0 bridgehead atoms. The predicted octanol–water partition coefficient (Wildman–Crippen LogP) is 4.23. The van der Waals surface area contributed by atoms with Gasteiger partial charge in [0.2, 0.25) is 0 Å². The highest BCUT2D eigenvalue weighted by Crippen LogP contribution is 2.26. The minimum Gasteiger partial charge on any atom is -0.492 e. The van der Waals surface area contributed by atoms with Crippen LogP contribution in [0.15, 0.2) is 46.9 Å². The Balaban J connectivity index is 1.86. The van der Waals surface area contributed by atoms with Gasteiger partial charge in [0.1, 0.15) is 5.75 Å². The second kappa shape index (κ2) is 11.0. The molecule has 6 nitrogen and oxygen atoms in total. The van der Waals surface area contributed by atoms with Gasteiger partial charge in [0.25, 0.3) is 11.8 Å². The summed E-state index contributed by atoms with van der Waals surface area (Å²) in [6.45, 7) is 2.70. The van der Waals surface area contributed by atoms with Gasteiger partial charge in [-0.25, -0.2) is 0 Å². The van der Waals surface area contributed by atoms with E-state index in [1.54, 1.807) is 42.5 Å². The van der Waals surface area contributed by atoms with Crippen LogP contribution in [0.2, 0.25) is 5.02 Å². The molecule has 0 saturated heterocycles. The van der Waals surface area contributed by atoms with E-state index < -0.39 is 11.8 Å². The average molecular weight is 485 g/mol. The predicted molar refractivity (Wildman–Crippen MR) is 117 cm³/mol. The number of hydrazine groups is 1. The number of hydrogen-bond donors (Lipinski definition) is 3. The lowest BCUT2D eigenvalue weighted by Gasteiger charge is -2.12. The number of halogens is 2. The zero-order chi connectivity index (χ0) is 20.5. The summed E-state index contributed by atoms with van der Waals surface area (Å²) in [5.41, 5.74) is 5.68. The first-order valence-electron chi connectivity index (χ1n) is 8.50. The van der Waals surface area contributed by atoms with Gasteiger partial charge >= 0.3 is 0 Å². The van der Waals surface area contributed by atoms with Crippen LogP contribution >= 0.6 is 39.7 Å². The van der Waals surface area contributed by atoms with Gasteiger partial charge in [-0.3, -0.25) is 25.8 Å². The monoisotopic (exact) mass is 483 g/mol. The molecule has 0 aliphatic rings. The molecule has 9 heteroatoms. The SMILES string of the molecule is CCCCOc1ccc(C(=O)NC(=S)NNC(=O)c2ccc(Cl)cc2)cc1Br. The number of rotatable bonds is 6. The van der Waals surface area contributed by atoms with Gasteiger partial charge in [-0.15, -0.1) is 0 Å². The number of thiocarbonyl (C=S) groups is 1. The van der Waals surface area contributed by atoms with E-state index in [0.29, 0.717) is 33.0 Å². The quantitative estimate of drug-likeness (QED) is 0.325. The first kappa shape index (κ1) is 22.1. The first-order chi connectivity index (χ1) is 13.4. The van der Waals surface area contributed by atoms with Gasteiger partial charge in [-0.2, -0.15) is 0 Å². The van der Waals surface area contributed by atoms with Crippen LogP contribution in [-0.4, -0.2) is 23.5 Å². The normalized spacial score (nSPS) is 10.1. The van der Waals surface area contributed by atoms with Crippen molar-refractivity contribution in [2.75, 3.05) is 6.61 Å². The molecule has 0 heterocycles. The molecule has 2 aromatic carbocycles. The molecule has 0 saturated carbocycles. The van der Waals surface area contributed by atoms with Crippen LogP contribution in [0.3, 0.4) is 0 Å². The fraction of sp³-hybridized carbons (Fsp3) is 0.211. The van der Waals surface area contributed by atoms with Crippen molar-refractivity contribution in [3.05, 3.63) is 63.1 Å². The van der Waals surface area contributed by atoms with Crippen LogP contribution in [0.4, 0.5) is 0 Å². The largest absolute Gasteiger partial charge is 0.492 e. The smallest absolute Gasteiger partial charge is 0.269 e. The van der Waals surface area contributed by atoms with Gasteiger partial charge in [-0.1, -0.05) is 24.9 Å². The molecular formula is C19H19BrClN3O3S. The molecule has 148 valence electrons. The van der Waals surface area contributed by atoms with E-state index in [2.05, 4.69) is 39.0 Å². The van der Waals surface area contributed by atoms with Crippen molar-refractivity contribution in [2.45, 2.75) is 19.8 Å². The Bertz CT molecular complexity index is 862. The van der Waals surface area contributed by atoms with Gasteiger partial charge < -0.3 is 4.74 Å². The lowest BCUT2D eigenvalue weighted by atomic mass is 10.2. The van der Waals surface area contributed by atoms with Gasteiger partial charge in [-0.05, 0) is 77.0 Å². The Morgan fingerprint density at radius 2 is 1.75 bits per heavy atom. The lowest BCUT2D eigenvalue weighted by molar-refractivity contribution is 0.0934. The molecule has 28 heavy (non-hydrogen) atoms. The number of carbonyl (C=O) groups is 2. The first-order valence-corrected chi connectivity index (χ1v) is 10.1. The minimum absolute atomic E-state index is 0.0355. The molecule has 0 radical (unpaired) electrons. The topological polar surface area (TPSA) is 79.5 Å². The van der Waals surface area contributed by atoms with Crippen molar-refractivity contribution in [1.29, 1.82) is 0 Å². The van der Waals surface area contributed by atoms with Crippen molar-refractivity contribution in [2.24, 2.45) is 0 Å². The van der Waals surface area contributed by atoms with Crippen LogP contribution in [0.5, 0.6) is 5.75 Å². The fourth-order valence-corrected chi connectivity index (χ4v) is 2.84. The number of nitrogens with one attached hydrogen (secondary N) is 3. The van der Waals surface area contributed by atoms with E-state index in [1.807, 2.05) is 0 Å². The zero-order valence-electron chi connectivity index (χ0n) is 15.1. The second-order valence-corrected chi connectivity index (χ2v) is 7.42. The van der Waals surface area contributed by atoms with Crippen molar-refractivity contribution in [3.8, 4) is 5.75 Å². The molecule has 2 amide bonds. The van der Waals surface area contributed by atoms with Crippen molar-refractivity contribution in [3.63, 3.8) is 0 Å². The molecular weight excluding hydrogens is 466 g/mol. The summed E-state index contributed by atoms with van der Waals surface area (Å²) >= 11 is 14.2. The summed E-state index contributed by atoms with van der Waals surface area (Å²) in [5, 5.41) is 2.99. The van der Waals surface area contributed by atoms with Crippen LogP contribution in [-0.2, 0) is 0 Å². The maximum absolute atomic E-state index is 12.3. The van der Waals surface area contributed by atoms with Crippen molar-refractivity contribution < 1.29 is 14.3 Å². The number of unbranched alkanes of at least 4 members (excludes halogenated alkanes) is 1. The van der Waals surface area contributed by atoms with Gasteiger partial charge in [0, 0.05) is 16.1 Å². The Hall–Kier alpha value is -2.16. The van der Waals surface area contributed by atoms with E-state index in [-0.39, 0.29) is 5.11 Å². The van der Waals surface area contributed by atoms with E-state index >= 15 is 0 Å². The molecule has 0 aliphatic heterocycles. The fourth-order valence-electron chi connectivity index (χ4n) is 2.08. The number of amides is 2. The number of ether oxygens (including phenoxy) is 1. The van der Waals surface area contributed by atoms with Crippen LogP contribution in [0.25, 0.3) is 0 Å².